The highest BCUT2D eigenvalue weighted by Crippen LogP contribution is 2.29. The van der Waals surface area contributed by atoms with Gasteiger partial charge in [0.25, 0.3) is 5.92 Å². The summed E-state index contributed by atoms with van der Waals surface area (Å²) in [5, 5.41) is 2.81. The Kier molecular flexibility index (Phi) is 4.20. The average molecular weight is 326 g/mol. The van der Waals surface area contributed by atoms with E-state index in [2.05, 4.69) is 21.2 Å². The van der Waals surface area contributed by atoms with Gasteiger partial charge in [-0.3, -0.25) is 0 Å². The SMILES string of the molecule is Cc1c(Br)cccc1NCC(F)(F)c1ccccc1. The van der Waals surface area contributed by atoms with Crippen LogP contribution in [-0.4, -0.2) is 6.54 Å². The van der Waals surface area contributed by atoms with Crippen molar-refractivity contribution in [2.45, 2.75) is 12.8 Å². The van der Waals surface area contributed by atoms with E-state index in [1.165, 1.54) is 12.1 Å². The summed E-state index contributed by atoms with van der Waals surface area (Å²) in [6.45, 7) is 1.46. The van der Waals surface area contributed by atoms with E-state index in [-0.39, 0.29) is 5.56 Å². The molecule has 0 aliphatic carbocycles. The molecule has 1 N–H and O–H groups in total. The molecular weight excluding hydrogens is 312 g/mol. The lowest BCUT2D eigenvalue weighted by Crippen LogP contribution is -2.24. The summed E-state index contributed by atoms with van der Waals surface area (Å²) in [6, 6.07) is 13.3. The van der Waals surface area contributed by atoms with E-state index >= 15 is 0 Å². The summed E-state index contributed by atoms with van der Waals surface area (Å²) >= 11 is 3.38. The molecule has 0 bridgehead atoms. The minimum absolute atomic E-state index is 0.0233. The Morgan fingerprint density at radius 3 is 2.42 bits per heavy atom. The van der Waals surface area contributed by atoms with Crippen LogP contribution in [0, 0.1) is 6.92 Å². The van der Waals surface area contributed by atoms with E-state index in [0.717, 1.165) is 10.0 Å². The lowest BCUT2D eigenvalue weighted by molar-refractivity contribution is 0.0106. The van der Waals surface area contributed by atoms with Crippen LogP contribution in [0.25, 0.3) is 0 Å². The lowest BCUT2D eigenvalue weighted by atomic mass is 10.1. The third-order valence-electron chi connectivity index (χ3n) is 2.96. The number of benzene rings is 2. The zero-order valence-corrected chi connectivity index (χ0v) is 12.0. The normalized spacial score (nSPS) is 11.4. The standard InChI is InChI=1S/C15H14BrF2N/c1-11-13(16)8-5-9-14(11)19-10-15(17,18)12-6-3-2-4-7-12/h2-9,19H,10H2,1H3. The molecule has 19 heavy (non-hydrogen) atoms. The number of anilines is 1. The van der Waals surface area contributed by atoms with Gasteiger partial charge in [-0.25, -0.2) is 0 Å². The molecule has 2 aromatic rings. The molecule has 0 atom stereocenters. The Bertz CT molecular complexity index is 555. The molecular formula is C15H14BrF2N. The summed E-state index contributed by atoms with van der Waals surface area (Å²) in [5.41, 5.74) is 1.66. The molecule has 0 fully saturated rings. The van der Waals surface area contributed by atoms with Gasteiger partial charge < -0.3 is 5.32 Å². The highest BCUT2D eigenvalue weighted by molar-refractivity contribution is 9.10. The zero-order valence-electron chi connectivity index (χ0n) is 10.5. The third kappa shape index (κ3) is 3.32. The second kappa shape index (κ2) is 5.70. The molecule has 0 unspecified atom stereocenters. The Morgan fingerprint density at radius 2 is 1.74 bits per heavy atom. The summed E-state index contributed by atoms with van der Waals surface area (Å²) < 4.78 is 28.9. The molecule has 0 aliphatic rings. The van der Waals surface area contributed by atoms with Crippen molar-refractivity contribution >= 4 is 21.6 Å². The van der Waals surface area contributed by atoms with Gasteiger partial charge in [0.15, 0.2) is 0 Å². The molecule has 0 saturated heterocycles. The van der Waals surface area contributed by atoms with Crippen LogP contribution in [0.4, 0.5) is 14.5 Å². The molecule has 0 radical (unpaired) electrons. The first-order valence-corrected chi connectivity index (χ1v) is 6.72. The molecule has 2 aromatic carbocycles. The second-order valence-corrected chi connectivity index (χ2v) is 5.19. The van der Waals surface area contributed by atoms with Crippen LogP contribution < -0.4 is 5.32 Å². The minimum atomic E-state index is -2.89. The van der Waals surface area contributed by atoms with Crippen molar-refractivity contribution in [3.63, 3.8) is 0 Å². The third-order valence-corrected chi connectivity index (χ3v) is 3.82. The zero-order chi connectivity index (χ0) is 13.9. The van der Waals surface area contributed by atoms with Crippen molar-refractivity contribution in [2.75, 3.05) is 11.9 Å². The fourth-order valence-corrected chi connectivity index (χ4v) is 2.16. The Hall–Kier alpha value is -1.42. The number of hydrogen-bond donors (Lipinski definition) is 1. The summed E-state index contributed by atoms with van der Waals surface area (Å²) in [4.78, 5) is 0. The molecule has 2 rings (SSSR count). The molecule has 0 spiro atoms. The van der Waals surface area contributed by atoms with Crippen LogP contribution in [0.2, 0.25) is 0 Å². The van der Waals surface area contributed by atoms with Gasteiger partial charge in [0.05, 0.1) is 6.54 Å². The van der Waals surface area contributed by atoms with Crippen molar-refractivity contribution in [3.05, 3.63) is 64.1 Å². The van der Waals surface area contributed by atoms with E-state index in [9.17, 15) is 8.78 Å². The topological polar surface area (TPSA) is 12.0 Å². The molecule has 0 aliphatic heterocycles. The van der Waals surface area contributed by atoms with Gasteiger partial charge in [-0.2, -0.15) is 8.78 Å². The van der Waals surface area contributed by atoms with Gasteiger partial charge >= 0.3 is 0 Å². The monoisotopic (exact) mass is 325 g/mol. The van der Waals surface area contributed by atoms with Crippen LogP contribution in [0.15, 0.2) is 53.0 Å². The van der Waals surface area contributed by atoms with Gasteiger partial charge in [-0.15, -0.1) is 0 Å². The first kappa shape index (κ1) is 14.0. The maximum atomic E-state index is 14.0. The molecule has 1 nitrogen and oxygen atoms in total. The maximum absolute atomic E-state index is 14.0. The van der Waals surface area contributed by atoms with Crippen molar-refractivity contribution in [1.29, 1.82) is 0 Å². The van der Waals surface area contributed by atoms with E-state index in [4.69, 9.17) is 0 Å². The largest absolute Gasteiger partial charge is 0.378 e. The first-order chi connectivity index (χ1) is 9.00. The molecule has 0 aromatic heterocycles. The smallest absolute Gasteiger partial charge is 0.290 e. The van der Waals surface area contributed by atoms with Gasteiger partial charge in [0.1, 0.15) is 0 Å². The quantitative estimate of drug-likeness (QED) is 0.837. The fourth-order valence-electron chi connectivity index (χ4n) is 1.79. The molecule has 100 valence electrons. The van der Waals surface area contributed by atoms with E-state index in [0.29, 0.717) is 5.69 Å². The highest BCUT2D eigenvalue weighted by atomic mass is 79.9. The highest BCUT2D eigenvalue weighted by Gasteiger charge is 2.31. The van der Waals surface area contributed by atoms with Crippen LogP contribution in [-0.2, 0) is 5.92 Å². The van der Waals surface area contributed by atoms with E-state index in [1.807, 2.05) is 19.1 Å². The van der Waals surface area contributed by atoms with Gasteiger partial charge in [-0.05, 0) is 24.6 Å². The minimum Gasteiger partial charge on any atom is -0.378 e. The Labute approximate surface area is 119 Å². The van der Waals surface area contributed by atoms with Crippen molar-refractivity contribution in [3.8, 4) is 0 Å². The molecule has 4 heteroatoms. The number of rotatable bonds is 4. The Balaban J connectivity index is 2.12. The lowest BCUT2D eigenvalue weighted by Gasteiger charge is -2.19. The Morgan fingerprint density at radius 1 is 1.05 bits per heavy atom. The van der Waals surface area contributed by atoms with Gasteiger partial charge in [0.2, 0.25) is 0 Å². The second-order valence-electron chi connectivity index (χ2n) is 4.34. The number of alkyl halides is 2. The van der Waals surface area contributed by atoms with E-state index < -0.39 is 12.5 Å². The molecule has 0 saturated carbocycles. The van der Waals surface area contributed by atoms with Crippen molar-refractivity contribution < 1.29 is 8.78 Å². The number of hydrogen-bond acceptors (Lipinski definition) is 1. The summed E-state index contributed by atoms with van der Waals surface area (Å²) in [6.07, 6.45) is 0. The van der Waals surface area contributed by atoms with Crippen molar-refractivity contribution in [2.24, 2.45) is 0 Å². The fraction of sp³-hybridized carbons (Fsp3) is 0.200. The predicted molar refractivity (Wildman–Crippen MR) is 77.7 cm³/mol. The average Bonchev–Trinajstić information content (AvgIpc) is 2.41. The maximum Gasteiger partial charge on any atom is 0.290 e. The predicted octanol–water partition coefficient (Wildman–Crippen LogP) is 4.96. The number of nitrogens with one attached hydrogen (secondary N) is 1. The van der Waals surface area contributed by atoms with Crippen LogP contribution in [0.5, 0.6) is 0 Å². The summed E-state index contributed by atoms with van der Waals surface area (Å²) in [7, 11) is 0. The van der Waals surface area contributed by atoms with Gasteiger partial charge in [0, 0.05) is 15.7 Å². The van der Waals surface area contributed by atoms with Crippen LogP contribution >= 0.6 is 15.9 Å². The van der Waals surface area contributed by atoms with Crippen molar-refractivity contribution in [1.82, 2.24) is 0 Å². The van der Waals surface area contributed by atoms with Crippen LogP contribution in [0.3, 0.4) is 0 Å². The number of halogens is 3. The molecule has 0 amide bonds. The first-order valence-electron chi connectivity index (χ1n) is 5.93. The summed E-state index contributed by atoms with van der Waals surface area (Å²) in [5.74, 6) is -2.89. The van der Waals surface area contributed by atoms with Gasteiger partial charge in [-0.1, -0.05) is 52.3 Å². The van der Waals surface area contributed by atoms with Crippen LogP contribution in [0.1, 0.15) is 11.1 Å². The van der Waals surface area contributed by atoms with E-state index in [1.54, 1.807) is 24.3 Å². The molecule has 0 heterocycles.